The van der Waals surface area contributed by atoms with Gasteiger partial charge in [-0.3, -0.25) is 0 Å². The fraction of sp³-hybridized carbons (Fsp3) is 0.182. The highest BCUT2D eigenvalue weighted by Gasteiger charge is 2.15. The highest BCUT2D eigenvalue weighted by Crippen LogP contribution is 2.24. The van der Waals surface area contributed by atoms with E-state index in [4.69, 9.17) is 5.53 Å². The van der Waals surface area contributed by atoms with E-state index in [0.29, 0.717) is 12.1 Å². The zero-order chi connectivity index (χ0) is 11.4. The van der Waals surface area contributed by atoms with Crippen molar-refractivity contribution >= 4 is 0 Å². The molecule has 1 atom stereocenters. The number of rotatable bonds is 4. The second-order valence-electron chi connectivity index (χ2n) is 3.34. The summed E-state index contributed by atoms with van der Waals surface area (Å²) in [6.45, 7) is 0.321. The summed E-state index contributed by atoms with van der Waals surface area (Å²) in [6, 6.07) is 8.33. The van der Waals surface area contributed by atoms with Gasteiger partial charge in [0.2, 0.25) is 0 Å². The molecule has 2 rings (SSSR count). The SMILES string of the molecule is N=NCc1ccc(C(F)c2ccon2)cc1. The number of benzene rings is 1. The molecule has 0 saturated carbocycles. The van der Waals surface area contributed by atoms with E-state index in [1.165, 1.54) is 12.3 Å². The van der Waals surface area contributed by atoms with Crippen LogP contribution in [0.15, 0.2) is 46.2 Å². The fourth-order valence-electron chi connectivity index (χ4n) is 1.41. The van der Waals surface area contributed by atoms with Gasteiger partial charge >= 0.3 is 0 Å². The Morgan fingerprint density at radius 2 is 2.06 bits per heavy atom. The fourth-order valence-corrected chi connectivity index (χ4v) is 1.41. The lowest BCUT2D eigenvalue weighted by Gasteiger charge is -2.05. The maximum Gasteiger partial charge on any atom is 0.170 e. The van der Waals surface area contributed by atoms with E-state index in [1.54, 1.807) is 24.3 Å². The van der Waals surface area contributed by atoms with E-state index in [0.717, 1.165) is 5.56 Å². The van der Waals surface area contributed by atoms with Crippen LogP contribution in [0.25, 0.3) is 0 Å². The molecule has 1 unspecified atom stereocenters. The molecule has 82 valence electrons. The first-order valence-electron chi connectivity index (χ1n) is 4.77. The molecule has 0 amide bonds. The molecule has 1 heterocycles. The molecule has 1 aromatic heterocycles. The predicted molar refractivity (Wildman–Crippen MR) is 54.7 cm³/mol. The molecular formula is C11H10FN3O. The minimum Gasteiger partial charge on any atom is -0.364 e. The molecule has 0 aliphatic rings. The number of nitrogens with one attached hydrogen (secondary N) is 1. The third-order valence-electron chi connectivity index (χ3n) is 2.25. The molecule has 1 N–H and O–H groups in total. The zero-order valence-electron chi connectivity index (χ0n) is 8.43. The quantitative estimate of drug-likeness (QED) is 0.802. The van der Waals surface area contributed by atoms with Crippen molar-refractivity contribution in [3.8, 4) is 0 Å². The maximum absolute atomic E-state index is 13.8. The summed E-state index contributed by atoms with van der Waals surface area (Å²) in [7, 11) is 0. The lowest BCUT2D eigenvalue weighted by Crippen LogP contribution is -1.94. The molecule has 5 heteroatoms. The molecule has 0 fully saturated rings. The molecule has 0 saturated heterocycles. The van der Waals surface area contributed by atoms with Crippen molar-refractivity contribution in [3.63, 3.8) is 0 Å². The van der Waals surface area contributed by atoms with Crippen LogP contribution in [0.2, 0.25) is 0 Å². The van der Waals surface area contributed by atoms with Gasteiger partial charge in [0, 0.05) is 6.07 Å². The monoisotopic (exact) mass is 219 g/mol. The minimum absolute atomic E-state index is 0.262. The van der Waals surface area contributed by atoms with Crippen LogP contribution in [-0.2, 0) is 6.54 Å². The van der Waals surface area contributed by atoms with Crippen molar-refractivity contribution in [2.75, 3.05) is 0 Å². The van der Waals surface area contributed by atoms with Crippen LogP contribution in [-0.4, -0.2) is 5.16 Å². The Kier molecular flexibility index (Phi) is 3.05. The van der Waals surface area contributed by atoms with Crippen molar-refractivity contribution in [1.29, 1.82) is 5.53 Å². The molecular weight excluding hydrogens is 209 g/mol. The molecule has 0 aliphatic carbocycles. The summed E-state index contributed by atoms with van der Waals surface area (Å²) in [4.78, 5) is 0. The zero-order valence-corrected chi connectivity index (χ0v) is 8.43. The van der Waals surface area contributed by atoms with E-state index in [1.807, 2.05) is 0 Å². The highest BCUT2D eigenvalue weighted by molar-refractivity contribution is 5.28. The van der Waals surface area contributed by atoms with Crippen LogP contribution in [0.4, 0.5) is 4.39 Å². The lowest BCUT2D eigenvalue weighted by molar-refractivity contribution is 0.353. The van der Waals surface area contributed by atoms with Gasteiger partial charge in [-0.25, -0.2) is 9.92 Å². The van der Waals surface area contributed by atoms with Crippen LogP contribution in [0.3, 0.4) is 0 Å². The van der Waals surface area contributed by atoms with Gasteiger partial charge in [0.15, 0.2) is 6.17 Å². The average molecular weight is 219 g/mol. The average Bonchev–Trinajstić information content (AvgIpc) is 2.83. The Morgan fingerprint density at radius 1 is 1.31 bits per heavy atom. The van der Waals surface area contributed by atoms with Gasteiger partial charge in [-0.1, -0.05) is 29.4 Å². The summed E-state index contributed by atoms with van der Waals surface area (Å²) >= 11 is 0. The Bertz CT molecular complexity index is 453. The summed E-state index contributed by atoms with van der Waals surface area (Å²) < 4.78 is 18.4. The third-order valence-corrected chi connectivity index (χ3v) is 2.25. The Balaban J connectivity index is 2.18. The van der Waals surface area contributed by atoms with Gasteiger partial charge in [-0.05, 0) is 11.1 Å². The number of nitrogens with zero attached hydrogens (tertiary/aromatic N) is 2. The van der Waals surface area contributed by atoms with Crippen LogP contribution in [0.1, 0.15) is 23.0 Å². The highest BCUT2D eigenvalue weighted by atomic mass is 19.1. The largest absolute Gasteiger partial charge is 0.364 e. The van der Waals surface area contributed by atoms with Crippen molar-refractivity contribution in [3.05, 3.63) is 53.4 Å². The Labute approximate surface area is 91.6 Å². The lowest BCUT2D eigenvalue weighted by atomic mass is 10.1. The summed E-state index contributed by atoms with van der Waals surface area (Å²) in [5.74, 6) is 0. The molecule has 0 bridgehead atoms. The van der Waals surface area contributed by atoms with Crippen molar-refractivity contribution < 1.29 is 8.91 Å². The molecule has 4 nitrogen and oxygen atoms in total. The summed E-state index contributed by atoms with van der Waals surface area (Å²) in [6.07, 6.45) is 0.0654. The first kappa shape index (κ1) is 10.5. The van der Waals surface area contributed by atoms with Crippen LogP contribution in [0, 0.1) is 5.53 Å². The number of hydrogen-bond acceptors (Lipinski definition) is 4. The molecule has 0 spiro atoms. The molecule has 2 aromatic rings. The van der Waals surface area contributed by atoms with Crippen molar-refractivity contribution in [1.82, 2.24) is 5.16 Å². The second-order valence-corrected chi connectivity index (χ2v) is 3.34. The summed E-state index contributed by atoms with van der Waals surface area (Å²) in [5, 5.41) is 6.81. The van der Waals surface area contributed by atoms with Gasteiger partial charge < -0.3 is 4.52 Å². The Morgan fingerprint density at radius 3 is 2.62 bits per heavy atom. The summed E-state index contributed by atoms with van der Waals surface area (Å²) in [5.41, 5.74) is 8.38. The first-order chi connectivity index (χ1) is 7.81. The molecule has 16 heavy (non-hydrogen) atoms. The second kappa shape index (κ2) is 4.65. The van der Waals surface area contributed by atoms with E-state index < -0.39 is 6.17 Å². The number of halogens is 1. The van der Waals surface area contributed by atoms with Crippen molar-refractivity contribution in [2.24, 2.45) is 5.11 Å². The minimum atomic E-state index is -1.28. The van der Waals surface area contributed by atoms with Gasteiger partial charge in [-0.2, -0.15) is 5.11 Å². The number of aromatic nitrogens is 1. The third kappa shape index (κ3) is 2.13. The van der Waals surface area contributed by atoms with Crippen LogP contribution in [0.5, 0.6) is 0 Å². The maximum atomic E-state index is 13.8. The normalized spacial score (nSPS) is 12.3. The van der Waals surface area contributed by atoms with E-state index in [9.17, 15) is 4.39 Å². The van der Waals surface area contributed by atoms with E-state index in [-0.39, 0.29) is 5.69 Å². The number of hydrogen-bond donors (Lipinski definition) is 1. The Hall–Kier alpha value is -2.04. The van der Waals surface area contributed by atoms with Gasteiger partial charge in [-0.15, -0.1) is 0 Å². The van der Waals surface area contributed by atoms with Crippen LogP contribution < -0.4 is 0 Å². The standard InChI is InChI=1S/C11H10FN3O/c12-11(10-5-6-16-15-10)9-3-1-8(2-4-9)7-14-13/h1-6,11,13H,7H2. The first-order valence-corrected chi connectivity index (χ1v) is 4.77. The van der Waals surface area contributed by atoms with Crippen molar-refractivity contribution in [2.45, 2.75) is 12.7 Å². The molecule has 0 aliphatic heterocycles. The van der Waals surface area contributed by atoms with E-state index >= 15 is 0 Å². The topological polar surface area (TPSA) is 62.2 Å². The van der Waals surface area contributed by atoms with Gasteiger partial charge in [0.25, 0.3) is 0 Å². The van der Waals surface area contributed by atoms with Gasteiger partial charge in [0.05, 0.1) is 6.54 Å². The van der Waals surface area contributed by atoms with E-state index in [2.05, 4.69) is 14.8 Å². The molecule has 1 aromatic carbocycles. The van der Waals surface area contributed by atoms with Crippen LogP contribution >= 0.6 is 0 Å². The molecule has 0 radical (unpaired) electrons. The predicted octanol–water partition coefficient (Wildman–Crippen LogP) is 3.26. The number of alkyl halides is 1. The smallest absolute Gasteiger partial charge is 0.170 e. The van der Waals surface area contributed by atoms with Gasteiger partial charge in [0.1, 0.15) is 12.0 Å².